The molecule has 0 radical (unpaired) electrons. The van der Waals surface area contributed by atoms with E-state index < -0.39 is 10.0 Å². The zero-order valence-electron chi connectivity index (χ0n) is 14.5. The van der Waals surface area contributed by atoms with Crippen molar-refractivity contribution < 1.29 is 13.2 Å². The molecule has 0 unspecified atom stereocenters. The Kier molecular flexibility index (Phi) is 6.52. The summed E-state index contributed by atoms with van der Waals surface area (Å²) in [6, 6.07) is 10.6. The minimum Gasteiger partial charge on any atom is -0.351 e. The van der Waals surface area contributed by atoms with Crippen LogP contribution in [-0.2, 0) is 14.8 Å². The molecule has 5 nitrogen and oxygen atoms in total. The summed E-state index contributed by atoms with van der Waals surface area (Å²) in [5, 5.41) is 4.70. The Balaban J connectivity index is 1.90. The molecule has 0 aliphatic carbocycles. The van der Waals surface area contributed by atoms with Crippen molar-refractivity contribution in [2.45, 2.75) is 18.7 Å². The molecule has 1 amide bonds. The van der Waals surface area contributed by atoms with Gasteiger partial charge in [-0.15, -0.1) is 11.3 Å². The van der Waals surface area contributed by atoms with Crippen LogP contribution in [0.3, 0.4) is 0 Å². The van der Waals surface area contributed by atoms with E-state index in [0.717, 1.165) is 10.4 Å². The van der Waals surface area contributed by atoms with Crippen LogP contribution >= 0.6 is 11.3 Å². The molecule has 25 heavy (non-hydrogen) atoms. The van der Waals surface area contributed by atoms with Gasteiger partial charge in [0.05, 0.1) is 4.90 Å². The van der Waals surface area contributed by atoms with Crippen LogP contribution in [0.5, 0.6) is 0 Å². The highest BCUT2D eigenvalue weighted by Crippen LogP contribution is 2.15. The maximum Gasteiger partial charge on any atom is 0.247 e. The second-order valence-electron chi connectivity index (χ2n) is 5.74. The number of hydrogen-bond donors (Lipinski definition) is 1. The number of thiophene rings is 1. The largest absolute Gasteiger partial charge is 0.351 e. The van der Waals surface area contributed by atoms with E-state index in [9.17, 15) is 13.2 Å². The van der Waals surface area contributed by atoms with Gasteiger partial charge in [0.15, 0.2) is 0 Å². The van der Waals surface area contributed by atoms with Crippen LogP contribution < -0.4 is 5.32 Å². The second kappa shape index (κ2) is 8.42. The van der Waals surface area contributed by atoms with Gasteiger partial charge in [-0.1, -0.05) is 23.8 Å². The molecule has 0 saturated carbocycles. The number of hydrogen-bond acceptors (Lipinski definition) is 4. The fourth-order valence-corrected chi connectivity index (χ4v) is 4.02. The van der Waals surface area contributed by atoms with Crippen LogP contribution in [-0.4, -0.2) is 38.8 Å². The molecule has 1 N–H and O–H groups in total. The predicted octanol–water partition coefficient (Wildman–Crippen LogP) is 2.90. The van der Waals surface area contributed by atoms with Gasteiger partial charge in [-0.3, -0.25) is 4.79 Å². The van der Waals surface area contributed by atoms with Gasteiger partial charge >= 0.3 is 0 Å². The number of sulfonamides is 1. The lowest BCUT2D eigenvalue weighted by atomic mass is 10.2. The first kappa shape index (κ1) is 19.4. The standard InChI is InChI=1S/C18H22N2O3S2/c1-14-6-8-17(9-7-14)25(22,23)20(3)11-10-19-18(21)15(2)13-16-5-4-12-24-16/h4-9,12-13H,10-11H2,1-3H3,(H,19,21)/b15-13+. The third-order valence-electron chi connectivity index (χ3n) is 3.70. The number of likely N-dealkylation sites (N-methyl/N-ethyl adjacent to an activating group) is 1. The highest BCUT2D eigenvalue weighted by molar-refractivity contribution is 7.89. The van der Waals surface area contributed by atoms with Crippen molar-refractivity contribution in [1.29, 1.82) is 0 Å². The van der Waals surface area contributed by atoms with Crippen molar-refractivity contribution in [1.82, 2.24) is 9.62 Å². The molecule has 7 heteroatoms. The summed E-state index contributed by atoms with van der Waals surface area (Å²) in [5.74, 6) is -0.200. The Hall–Kier alpha value is -1.96. The number of carbonyl (C=O) groups excluding carboxylic acids is 1. The number of rotatable bonds is 7. The van der Waals surface area contributed by atoms with Gasteiger partial charge in [-0.25, -0.2) is 8.42 Å². The average Bonchev–Trinajstić information content (AvgIpc) is 3.07. The summed E-state index contributed by atoms with van der Waals surface area (Å²) in [7, 11) is -2.04. The van der Waals surface area contributed by atoms with E-state index in [4.69, 9.17) is 0 Å². The third kappa shape index (κ3) is 5.26. The highest BCUT2D eigenvalue weighted by Gasteiger charge is 2.20. The number of amides is 1. The molecular formula is C18H22N2O3S2. The van der Waals surface area contributed by atoms with Crippen molar-refractivity contribution in [2.24, 2.45) is 0 Å². The quantitative estimate of drug-likeness (QED) is 0.754. The Morgan fingerprint density at radius 2 is 1.92 bits per heavy atom. The van der Waals surface area contributed by atoms with Crippen LogP contribution in [0.25, 0.3) is 6.08 Å². The minimum absolute atomic E-state index is 0.200. The van der Waals surface area contributed by atoms with E-state index in [-0.39, 0.29) is 23.9 Å². The number of carbonyl (C=O) groups is 1. The maximum atomic E-state index is 12.5. The van der Waals surface area contributed by atoms with Gasteiger partial charge in [0, 0.05) is 30.6 Å². The normalized spacial score (nSPS) is 12.4. The van der Waals surface area contributed by atoms with Gasteiger partial charge < -0.3 is 5.32 Å². The van der Waals surface area contributed by atoms with E-state index in [1.807, 2.05) is 30.5 Å². The molecule has 1 aromatic carbocycles. The van der Waals surface area contributed by atoms with E-state index in [1.165, 1.54) is 11.4 Å². The Morgan fingerprint density at radius 1 is 1.24 bits per heavy atom. The van der Waals surface area contributed by atoms with Crippen molar-refractivity contribution >= 4 is 33.3 Å². The van der Waals surface area contributed by atoms with Crippen molar-refractivity contribution in [3.8, 4) is 0 Å². The van der Waals surface area contributed by atoms with Crippen LogP contribution in [0.15, 0.2) is 52.2 Å². The van der Waals surface area contributed by atoms with Gasteiger partial charge in [-0.05, 0) is 43.5 Å². The Morgan fingerprint density at radius 3 is 2.52 bits per heavy atom. The van der Waals surface area contributed by atoms with Crippen molar-refractivity contribution in [2.75, 3.05) is 20.1 Å². The van der Waals surface area contributed by atoms with E-state index in [0.29, 0.717) is 5.57 Å². The van der Waals surface area contributed by atoms with Gasteiger partial charge in [-0.2, -0.15) is 4.31 Å². The summed E-state index contributed by atoms with van der Waals surface area (Å²) in [6.45, 7) is 4.09. The van der Waals surface area contributed by atoms with Crippen LogP contribution in [0.1, 0.15) is 17.4 Å². The molecule has 0 atom stereocenters. The molecule has 0 spiro atoms. The van der Waals surface area contributed by atoms with E-state index in [1.54, 1.807) is 42.5 Å². The zero-order chi connectivity index (χ0) is 18.4. The Bertz CT molecular complexity index is 839. The van der Waals surface area contributed by atoms with Crippen LogP contribution in [0.2, 0.25) is 0 Å². The van der Waals surface area contributed by atoms with Gasteiger partial charge in [0.25, 0.3) is 0 Å². The molecule has 134 valence electrons. The Labute approximate surface area is 153 Å². The first-order valence-corrected chi connectivity index (χ1v) is 10.2. The number of aryl methyl sites for hydroxylation is 1. The predicted molar refractivity (Wildman–Crippen MR) is 102 cm³/mol. The van der Waals surface area contributed by atoms with Crippen molar-refractivity contribution in [3.63, 3.8) is 0 Å². The molecule has 1 aromatic heterocycles. The molecular weight excluding hydrogens is 356 g/mol. The fraction of sp³-hybridized carbons (Fsp3) is 0.278. The second-order valence-corrected chi connectivity index (χ2v) is 8.76. The topological polar surface area (TPSA) is 66.5 Å². The monoisotopic (exact) mass is 378 g/mol. The average molecular weight is 379 g/mol. The number of nitrogens with zero attached hydrogens (tertiary/aromatic N) is 1. The number of benzene rings is 1. The lowest BCUT2D eigenvalue weighted by Crippen LogP contribution is -2.36. The smallest absolute Gasteiger partial charge is 0.247 e. The van der Waals surface area contributed by atoms with Gasteiger partial charge in [0.1, 0.15) is 0 Å². The van der Waals surface area contributed by atoms with Crippen LogP contribution in [0.4, 0.5) is 0 Å². The summed E-state index contributed by atoms with van der Waals surface area (Å²) in [4.78, 5) is 13.3. The van der Waals surface area contributed by atoms with E-state index >= 15 is 0 Å². The lowest BCUT2D eigenvalue weighted by molar-refractivity contribution is -0.117. The van der Waals surface area contributed by atoms with Crippen LogP contribution in [0, 0.1) is 6.92 Å². The molecule has 2 aromatic rings. The molecule has 2 rings (SSSR count). The third-order valence-corrected chi connectivity index (χ3v) is 6.39. The SMILES string of the molecule is C/C(=C\c1cccs1)C(=O)NCCN(C)S(=O)(=O)c1ccc(C)cc1. The highest BCUT2D eigenvalue weighted by atomic mass is 32.2. The summed E-state index contributed by atoms with van der Waals surface area (Å²) in [6.07, 6.45) is 1.81. The number of nitrogens with one attached hydrogen (secondary N) is 1. The fourth-order valence-electron chi connectivity index (χ4n) is 2.13. The van der Waals surface area contributed by atoms with E-state index in [2.05, 4.69) is 5.32 Å². The van der Waals surface area contributed by atoms with Gasteiger partial charge in [0.2, 0.25) is 15.9 Å². The first-order chi connectivity index (χ1) is 11.8. The zero-order valence-corrected chi connectivity index (χ0v) is 16.2. The maximum absolute atomic E-state index is 12.5. The molecule has 1 heterocycles. The molecule has 0 bridgehead atoms. The molecule has 0 fully saturated rings. The summed E-state index contributed by atoms with van der Waals surface area (Å²) >= 11 is 1.56. The first-order valence-electron chi connectivity index (χ1n) is 7.84. The summed E-state index contributed by atoms with van der Waals surface area (Å²) in [5.41, 5.74) is 1.59. The molecule has 0 aliphatic heterocycles. The van der Waals surface area contributed by atoms with Crippen molar-refractivity contribution in [3.05, 3.63) is 57.8 Å². The minimum atomic E-state index is -3.55. The molecule has 0 aliphatic rings. The molecule has 0 saturated heterocycles. The lowest BCUT2D eigenvalue weighted by Gasteiger charge is -2.17. The summed E-state index contributed by atoms with van der Waals surface area (Å²) < 4.78 is 26.2.